The molecule has 0 saturated carbocycles. The van der Waals surface area contributed by atoms with Gasteiger partial charge in [-0.25, -0.2) is 0 Å². The van der Waals surface area contributed by atoms with E-state index in [-0.39, 0.29) is 0 Å². The minimum atomic E-state index is 0.893. The Hall–Kier alpha value is -1.19. The molecule has 0 saturated heterocycles. The second kappa shape index (κ2) is 7.98. The van der Waals surface area contributed by atoms with Crippen LogP contribution in [0.4, 0.5) is 0 Å². The van der Waals surface area contributed by atoms with E-state index < -0.39 is 0 Å². The number of hydrogen-bond donors (Lipinski definition) is 1. The van der Waals surface area contributed by atoms with Crippen molar-refractivity contribution in [1.82, 2.24) is 15.2 Å². The minimum Gasteiger partial charge on any atom is -0.313 e. The van der Waals surface area contributed by atoms with Gasteiger partial charge in [-0.2, -0.15) is 0 Å². The summed E-state index contributed by atoms with van der Waals surface area (Å²) in [5.41, 5.74) is 2.36. The number of aromatic nitrogens is 1. The summed E-state index contributed by atoms with van der Waals surface area (Å²) < 4.78 is 0. The fourth-order valence-electron chi connectivity index (χ4n) is 1.64. The van der Waals surface area contributed by atoms with Gasteiger partial charge in [0.05, 0.1) is 5.69 Å². The van der Waals surface area contributed by atoms with Gasteiger partial charge in [-0.3, -0.25) is 9.88 Å². The third-order valence-electron chi connectivity index (χ3n) is 2.69. The summed E-state index contributed by atoms with van der Waals surface area (Å²) in [5, 5.41) is 3.29. The maximum absolute atomic E-state index is 4.49. The molecule has 1 rings (SSSR count). The van der Waals surface area contributed by atoms with Crippen LogP contribution >= 0.6 is 0 Å². The highest BCUT2D eigenvalue weighted by atomic mass is 15.1. The van der Waals surface area contributed by atoms with E-state index in [1.807, 2.05) is 12.3 Å². The van der Waals surface area contributed by atoms with E-state index in [0.717, 1.165) is 38.4 Å². The van der Waals surface area contributed by atoms with Crippen molar-refractivity contribution in [1.29, 1.82) is 0 Å². The maximum Gasteiger partial charge on any atom is 0.0544 e. The molecular weight excluding hydrogens is 210 g/mol. The average Bonchev–Trinajstić information content (AvgIpc) is 2.37. The summed E-state index contributed by atoms with van der Waals surface area (Å²) in [4.78, 5) is 6.79. The number of hydrogen-bond acceptors (Lipinski definition) is 3. The Morgan fingerprint density at radius 1 is 1.41 bits per heavy atom. The van der Waals surface area contributed by atoms with E-state index in [9.17, 15) is 0 Å². The van der Waals surface area contributed by atoms with Gasteiger partial charge in [0.2, 0.25) is 0 Å². The smallest absolute Gasteiger partial charge is 0.0544 e. The molecule has 3 heteroatoms. The lowest BCUT2D eigenvalue weighted by Crippen LogP contribution is -2.23. The zero-order chi connectivity index (χ0) is 12.5. The molecule has 0 aliphatic carbocycles. The summed E-state index contributed by atoms with van der Waals surface area (Å²) in [6.07, 6.45) is 3.89. The summed E-state index contributed by atoms with van der Waals surface area (Å²) in [6, 6.07) is 4.26. The Morgan fingerprint density at radius 3 is 2.76 bits per heavy atom. The molecule has 0 spiro atoms. The van der Waals surface area contributed by atoms with Crippen LogP contribution in [0.5, 0.6) is 0 Å². The molecule has 0 radical (unpaired) electrons. The second-order valence-corrected chi connectivity index (χ2v) is 4.05. The highest BCUT2D eigenvalue weighted by Gasteiger charge is 2.02. The van der Waals surface area contributed by atoms with Gasteiger partial charge in [-0.1, -0.05) is 26.0 Å². The quantitative estimate of drug-likeness (QED) is 0.698. The van der Waals surface area contributed by atoms with Crippen LogP contribution in [0.3, 0.4) is 0 Å². The molecule has 0 unspecified atom stereocenters. The summed E-state index contributed by atoms with van der Waals surface area (Å²) in [7, 11) is 0. The van der Waals surface area contributed by atoms with Gasteiger partial charge >= 0.3 is 0 Å². The van der Waals surface area contributed by atoms with Crippen LogP contribution in [-0.4, -0.2) is 29.5 Å². The van der Waals surface area contributed by atoms with Crippen LogP contribution in [-0.2, 0) is 13.1 Å². The van der Waals surface area contributed by atoms with E-state index in [0.29, 0.717) is 0 Å². The SMILES string of the molecule is C=CCN(CC)Cc1ccc(CNCC)cn1. The van der Waals surface area contributed by atoms with Crippen molar-refractivity contribution in [3.63, 3.8) is 0 Å². The van der Waals surface area contributed by atoms with Gasteiger partial charge in [0.15, 0.2) is 0 Å². The molecule has 0 aliphatic heterocycles. The Bertz CT molecular complexity index is 319. The lowest BCUT2D eigenvalue weighted by molar-refractivity contribution is 0.307. The topological polar surface area (TPSA) is 28.2 Å². The van der Waals surface area contributed by atoms with Crippen molar-refractivity contribution in [2.75, 3.05) is 19.6 Å². The molecule has 0 amide bonds. The van der Waals surface area contributed by atoms with Crippen molar-refractivity contribution >= 4 is 0 Å². The highest BCUT2D eigenvalue weighted by molar-refractivity contribution is 5.14. The predicted molar refractivity (Wildman–Crippen MR) is 72.8 cm³/mol. The molecule has 94 valence electrons. The number of nitrogens with zero attached hydrogens (tertiary/aromatic N) is 2. The van der Waals surface area contributed by atoms with E-state index >= 15 is 0 Å². The van der Waals surface area contributed by atoms with Gasteiger partial charge in [-0.15, -0.1) is 6.58 Å². The molecule has 1 heterocycles. The molecule has 0 fully saturated rings. The van der Waals surface area contributed by atoms with E-state index in [1.54, 1.807) is 0 Å². The Balaban J connectivity index is 2.51. The van der Waals surface area contributed by atoms with Crippen molar-refractivity contribution in [2.45, 2.75) is 26.9 Å². The fraction of sp³-hybridized carbons (Fsp3) is 0.500. The molecular formula is C14H23N3. The van der Waals surface area contributed by atoms with E-state index in [1.165, 1.54) is 5.56 Å². The van der Waals surface area contributed by atoms with Gasteiger partial charge in [0.25, 0.3) is 0 Å². The van der Waals surface area contributed by atoms with Crippen molar-refractivity contribution in [3.8, 4) is 0 Å². The number of rotatable bonds is 8. The van der Waals surface area contributed by atoms with Crippen LogP contribution in [0.2, 0.25) is 0 Å². The van der Waals surface area contributed by atoms with Crippen LogP contribution in [0.15, 0.2) is 31.0 Å². The maximum atomic E-state index is 4.49. The molecule has 17 heavy (non-hydrogen) atoms. The molecule has 0 aromatic carbocycles. The molecule has 3 nitrogen and oxygen atoms in total. The summed E-state index contributed by atoms with van der Waals surface area (Å²) in [6.45, 7) is 12.7. The van der Waals surface area contributed by atoms with Gasteiger partial charge in [0.1, 0.15) is 0 Å². The van der Waals surface area contributed by atoms with Crippen LogP contribution in [0.1, 0.15) is 25.1 Å². The number of nitrogens with one attached hydrogen (secondary N) is 1. The molecule has 0 aliphatic rings. The highest BCUT2D eigenvalue weighted by Crippen LogP contribution is 2.04. The first kappa shape index (κ1) is 13.9. The van der Waals surface area contributed by atoms with Gasteiger partial charge < -0.3 is 5.32 Å². The molecule has 1 aromatic rings. The lowest BCUT2D eigenvalue weighted by Gasteiger charge is -2.17. The summed E-state index contributed by atoms with van der Waals surface area (Å²) >= 11 is 0. The van der Waals surface area contributed by atoms with Crippen LogP contribution in [0, 0.1) is 0 Å². The van der Waals surface area contributed by atoms with Gasteiger partial charge in [-0.05, 0) is 24.7 Å². The Labute approximate surface area is 105 Å². The lowest BCUT2D eigenvalue weighted by atomic mass is 10.2. The van der Waals surface area contributed by atoms with Crippen LogP contribution < -0.4 is 5.32 Å². The number of likely N-dealkylation sites (N-methyl/N-ethyl adjacent to an activating group) is 1. The molecule has 0 atom stereocenters. The zero-order valence-corrected chi connectivity index (χ0v) is 10.9. The third-order valence-corrected chi connectivity index (χ3v) is 2.69. The monoisotopic (exact) mass is 233 g/mol. The zero-order valence-electron chi connectivity index (χ0n) is 10.9. The minimum absolute atomic E-state index is 0.893. The Kier molecular flexibility index (Phi) is 6.51. The first-order valence-corrected chi connectivity index (χ1v) is 6.27. The van der Waals surface area contributed by atoms with Crippen LogP contribution in [0.25, 0.3) is 0 Å². The first-order chi connectivity index (χ1) is 8.30. The number of pyridine rings is 1. The summed E-state index contributed by atoms with van der Waals surface area (Å²) in [5.74, 6) is 0. The molecule has 1 aromatic heterocycles. The standard InChI is InChI=1S/C14H23N3/c1-4-9-17(6-3)12-14-8-7-13(11-16-14)10-15-5-2/h4,7-8,11,15H,1,5-6,9-10,12H2,2-3H3. The predicted octanol–water partition coefficient (Wildman–Crippen LogP) is 2.20. The largest absolute Gasteiger partial charge is 0.313 e. The van der Waals surface area contributed by atoms with Crippen molar-refractivity contribution < 1.29 is 0 Å². The van der Waals surface area contributed by atoms with Crippen molar-refractivity contribution in [2.24, 2.45) is 0 Å². The second-order valence-electron chi connectivity index (χ2n) is 4.05. The fourth-order valence-corrected chi connectivity index (χ4v) is 1.64. The molecule has 1 N–H and O–H groups in total. The van der Waals surface area contributed by atoms with E-state index in [4.69, 9.17) is 0 Å². The van der Waals surface area contributed by atoms with Gasteiger partial charge in [0, 0.05) is 25.8 Å². The third kappa shape index (κ3) is 5.11. The Morgan fingerprint density at radius 2 is 2.24 bits per heavy atom. The molecule has 0 bridgehead atoms. The normalized spacial score (nSPS) is 10.8. The van der Waals surface area contributed by atoms with Crippen molar-refractivity contribution in [3.05, 3.63) is 42.2 Å². The average molecular weight is 233 g/mol. The van der Waals surface area contributed by atoms with E-state index in [2.05, 4.69) is 47.8 Å². The first-order valence-electron chi connectivity index (χ1n) is 6.27.